The summed E-state index contributed by atoms with van der Waals surface area (Å²) in [4.78, 5) is 0.00804. The van der Waals surface area contributed by atoms with Crippen molar-refractivity contribution in [3.8, 4) is 39.3 Å². The molecular weight excluding hydrogens is 580 g/mol. The average Bonchev–Trinajstić information content (AvgIpc) is 2.96. The van der Waals surface area contributed by atoms with Crippen molar-refractivity contribution in [2.75, 3.05) is 0 Å². The molecule has 0 amide bonds. The molecule has 42 heavy (non-hydrogen) atoms. The predicted molar refractivity (Wildman–Crippen MR) is 147 cm³/mol. The smallest absolute Gasteiger partial charge is 0.285 e. The lowest BCUT2D eigenvalue weighted by atomic mass is 9.98. The van der Waals surface area contributed by atoms with E-state index >= 15 is 0 Å². The number of hydrogen-bond acceptors (Lipinski definition) is 6. The summed E-state index contributed by atoms with van der Waals surface area (Å²) in [5.74, 6) is -0.507. The number of pyridine rings is 1. The quantitative estimate of drug-likeness (QED) is 0.155. The molecule has 0 aliphatic heterocycles. The highest BCUT2D eigenvalue weighted by Gasteiger charge is 2.25. The number of guanidine groups is 1. The Kier molecular flexibility index (Phi) is 9.33. The van der Waals surface area contributed by atoms with Crippen LogP contribution in [0.2, 0.25) is 0 Å². The fraction of sp³-hybridized carbons (Fsp3) is 0. The van der Waals surface area contributed by atoms with Gasteiger partial charge in [0.15, 0.2) is 0 Å². The van der Waals surface area contributed by atoms with Crippen LogP contribution in [-0.4, -0.2) is 14.4 Å². The number of benzene rings is 4. The molecule has 0 saturated heterocycles. The summed E-state index contributed by atoms with van der Waals surface area (Å²) in [6.07, 6.45) is 0. The summed E-state index contributed by atoms with van der Waals surface area (Å²) in [6.45, 7) is 0. The number of halogens is 1. The molecule has 0 atom stereocenters. The van der Waals surface area contributed by atoms with Crippen molar-refractivity contribution in [2.24, 2.45) is 15.9 Å². The Hall–Kier alpha value is -4.62. The van der Waals surface area contributed by atoms with Gasteiger partial charge in [-0.2, -0.15) is 13.0 Å². The van der Waals surface area contributed by atoms with Gasteiger partial charge in [0.1, 0.15) is 0 Å². The van der Waals surface area contributed by atoms with Crippen molar-refractivity contribution in [3.05, 3.63) is 127 Å². The Balaban J connectivity index is 0.000000748. The van der Waals surface area contributed by atoms with Crippen LogP contribution in [0.1, 0.15) is 0 Å². The highest BCUT2D eigenvalue weighted by molar-refractivity contribution is 7.90. The van der Waals surface area contributed by atoms with Gasteiger partial charge in [0.05, 0.1) is 4.90 Å². The van der Waals surface area contributed by atoms with Crippen molar-refractivity contribution in [3.63, 3.8) is 0 Å². The summed E-state index contributed by atoms with van der Waals surface area (Å²) >= 11 is 0. The minimum atomic E-state index is -4.94. The minimum Gasteiger partial charge on any atom is -0.369 e. The topological polar surface area (TPSA) is 195 Å². The maximum atomic E-state index is 12.5. The SMILES string of the molecule is NC(N)=NS(=O)(=O)c1ccc(-[n+]2c(-c3ccccc3)cc(-c3ccccc3)cc2-c2ccccc2)cc1.[O-][Cl+3]([O-])([O-])[O-]. The zero-order valence-electron chi connectivity index (χ0n) is 21.9. The van der Waals surface area contributed by atoms with Crippen molar-refractivity contribution < 1.29 is 41.9 Å². The lowest BCUT2D eigenvalue weighted by Gasteiger charge is -2.17. The summed E-state index contributed by atoms with van der Waals surface area (Å²) in [7, 11) is -8.94. The fourth-order valence-corrected chi connectivity index (χ4v) is 5.13. The zero-order chi connectivity index (χ0) is 30.3. The predicted octanol–water partition coefficient (Wildman–Crippen LogP) is 0.170. The molecule has 5 rings (SSSR count). The van der Waals surface area contributed by atoms with E-state index in [1.165, 1.54) is 12.1 Å². The highest BCUT2D eigenvalue weighted by atomic mass is 35.7. The monoisotopic (exact) mass is 604 g/mol. The van der Waals surface area contributed by atoms with E-state index in [-0.39, 0.29) is 4.90 Å². The largest absolute Gasteiger partial charge is 0.369 e. The lowest BCUT2D eigenvalue weighted by Crippen LogP contribution is -2.68. The van der Waals surface area contributed by atoms with Gasteiger partial charge in [-0.05, 0) is 47.5 Å². The first-order chi connectivity index (χ1) is 19.9. The molecular formula is C30H25ClN4O6S. The van der Waals surface area contributed by atoms with Crippen molar-refractivity contribution in [1.82, 2.24) is 0 Å². The molecule has 5 aromatic rings. The third-order valence-electron chi connectivity index (χ3n) is 5.93. The van der Waals surface area contributed by atoms with Gasteiger partial charge >= 0.3 is 0 Å². The van der Waals surface area contributed by atoms with Crippen LogP contribution in [0.15, 0.2) is 137 Å². The van der Waals surface area contributed by atoms with Gasteiger partial charge < -0.3 is 11.5 Å². The van der Waals surface area contributed by atoms with Gasteiger partial charge in [0.25, 0.3) is 10.0 Å². The molecule has 0 unspecified atom stereocenters. The Bertz CT molecular complexity index is 1710. The molecule has 0 spiro atoms. The van der Waals surface area contributed by atoms with Crippen LogP contribution >= 0.6 is 0 Å². The van der Waals surface area contributed by atoms with Crippen molar-refractivity contribution >= 4 is 16.0 Å². The van der Waals surface area contributed by atoms with Gasteiger partial charge in [-0.15, -0.1) is 14.6 Å². The maximum Gasteiger partial charge on any atom is 0.285 e. The molecule has 1 heterocycles. The van der Waals surface area contributed by atoms with Crippen LogP contribution < -0.4 is 34.7 Å². The van der Waals surface area contributed by atoms with Crippen LogP contribution in [0.25, 0.3) is 39.3 Å². The molecule has 0 radical (unpaired) electrons. The molecule has 0 aliphatic rings. The van der Waals surface area contributed by atoms with Crippen LogP contribution in [-0.2, 0) is 10.0 Å². The molecule has 0 saturated carbocycles. The summed E-state index contributed by atoms with van der Waals surface area (Å²) in [5, 5.41) is 0. The first-order valence-corrected chi connectivity index (χ1v) is 14.9. The second kappa shape index (κ2) is 12.9. The minimum absolute atomic E-state index is 0.00804. The van der Waals surface area contributed by atoms with E-state index in [1.54, 1.807) is 12.1 Å². The first-order valence-electron chi connectivity index (χ1n) is 12.3. The Morgan fingerprint density at radius 1 is 0.595 bits per heavy atom. The molecule has 10 nitrogen and oxygen atoms in total. The molecule has 0 fully saturated rings. The second-order valence-corrected chi connectivity index (χ2v) is 11.2. The van der Waals surface area contributed by atoms with E-state index in [0.717, 1.165) is 39.3 Å². The van der Waals surface area contributed by atoms with Crippen molar-refractivity contribution in [1.29, 1.82) is 0 Å². The standard InChI is InChI=1S/C30H25N4O2S.ClHO4/c31-30(32)33-37(35,36)27-18-16-26(17-19-27)34-28(23-12-6-2-7-13-23)20-25(22-10-4-1-5-11-22)21-29(34)24-14-8-3-9-15-24;2-1(3,4)5/h1-21H,(H4,31,32,33);(H,2,3,4,5)/q+1;/p-1. The molecule has 4 N–H and O–H groups in total. The Labute approximate surface area is 244 Å². The number of rotatable bonds is 6. The van der Waals surface area contributed by atoms with Gasteiger partial charge in [-0.25, -0.2) is 18.6 Å². The first kappa shape index (κ1) is 30.3. The normalized spacial score (nSPS) is 11.2. The van der Waals surface area contributed by atoms with Crippen LogP contribution in [0, 0.1) is 10.2 Å². The summed E-state index contributed by atoms with van der Waals surface area (Å²) < 4.78 is 64.5. The fourth-order valence-electron chi connectivity index (χ4n) is 4.27. The van der Waals surface area contributed by atoms with Gasteiger partial charge in [-0.1, -0.05) is 66.7 Å². The van der Waals surface area contributed by atoms with E-state index in [0.29, 0.717) is 0 Å². The van der Waals surface area contributed by atoms with Crippen LogP contribution in [0.3, 0.4) is 0 Å². The number of aromatic nitrogens is 1. The van der Waals surface area contributed by atoms with Gasteiger partial charge in [0, 0.05) is 35.4 Å². The number of sulfonamides is 1. The molecule has 0 aliphatic carbocycles. The second-order valence-electron chi connectivity index (χ2n) is 8.81. The molecule has 1 aromatic heterocycles. The average molecular weight is 605 g/mol. The number of nitrogens with two attached hydrogens (primary N) is 2. The number of nitrogens with zero attached hydrogens (tertiary/aromatic N) is 2. The molecule has 0 bridgehead atoms. The third kappa shape index (κ3) is 7.98. The van der Waals surface area contributed by atoms with Gasteiger partial charge in [-0.3, -0.25) is 0 Å². The number of hydrogen-bond donors (Lipinski definition) is 2. The molecule has 214 valence electrons. The van der Waals surface area contributed by atoms with Crippen LogP contribution in [0.4, 0.5) is 0 Å². The summed E-state index contributed by atoms with van der Waals surface area (Å²) in [5.41, 5.74) is 17.6. The van der Waals surface area contributed by atoms with E-state index in [4.69, 9.17) is 30.1 Å². The highest BCUT2D eigenvalue weighted by Crippen LogP contribution is 2.30. The van der Waals surface area contributed by atoms with Gasteiger partial charge in [0.2, 0.25) is 23.0 Å². The van der Waals surface area contributed by atoms with E-state index in [9.17, 15) is 8.42 Å². The maximum absolute atomic E-state index is 12.5. The summed E-state index contributed by atoms with van der Waals surface area (Å²) in [6, 6.07) is 41.3. The molecule has 4 aromatic carbocycles. The van der Waals surface area contributed by atoms with Crippen molar-refractivity contribution in [2.45, 2.75) is 4.90 Å². The molecule has 12 heteroatoms. The lowest BCUT2D eigenvalue weighted by molar-refractivity contribution is -2.00. The van der Waals surface area contributed by atoms with Crippen LogP contribution in [0.5, 0.6) is 0 Å². The van der Waals surface area contributed by atoms with E-state index < -0.39 is 26.2 Å². The Morgan fingerprint density at radius 2 is 0.976 bits per heavy atom. The third-order valence-corrected chi connectivity index (χ3v) is 7.25. The zero-order valence-corrected chi connectivity index (χ0v) is 23.5. The Morgan fingerprint density at radius 3 is 1.36 bits per heavy atom. The van der Waals surface area contributed by atoms with E-state index in [1.807, 2.05) is 54.6 Å². The van der Waals surface area contributed by atoms with E-state index in [2.05, 4.69) is 57.5 Å².